The van der Waals surface area contributed by atoms with Gasteiger partial charge in [0, 0.05) is 18.1 Å². The van der Waals surface area contributed by atoms with E-state index in [1.165, 1.54) is 0 Å². The molecule has 6 nitrogen and oxygen atoms in total. The first-order valence-electron chi connectivity index (χ1n) is 9.68. The summed E-state index contributed by atoms with van der Waals surface area (Å²) in [6.45, 7) is 1.27. The summed E-state index contributed by atoms with van der Waals surface area (Å²) in [6, 6.07) is 11.2. The van der Waals surface area contributed by atoms with Crippen molar-refractivity contribution in [1.82, 2.24) is 0 Å². The van der Waals surface area contributed by atoms with Crippen LogP contribution in [0.3, 0.4) is 0 Å². The lowest BCUT2D eigenvalue weighted by Crippen LogP contribution is -2.17. The average molecular weight is 453 g/mol. The van der Waals surface area contributed by atoms with E-state index in [1.807, 2.05) is 0 Å². The van der Waals surface area contributed by atoms with E-state index in [9.17, 15) is 9.59 Å². The van der Waals surface area contributed by atoms with Crippen molar-refractivity contribution in [2.24, 2.45) is 0 Å². The minimum absolute atomic E-state index is 0.0196. The summed E-state index contributed by atoms with van der Waals surface area (Å²) in [5.41, 5.74) is 0.390. The maximum atomic E-state index is 12.1. The Hall–Kier alpha value is -2.28. The highest BCUT2D eigenvalue weighted by Gasteiger charge is 2.18. The predicted octanol–water partition coefficient (Wildman–Crippen LogP) is 5.09. The van der Waals surface area contributed by atoms with Crippen LogP contribution in [0.1, 0.15) is 36.0 Å². The van der Waals surface area contributed by atoms with Crippen LogP contribution in [0.5, 0.6) is 11.5 Å². The second-order valence-electron chi connectivity index (χ2n) is 6.76. The van der Waals surface area contributed by atoms with Crippen molar-refractivity contribution in [1.29, 1.82) is 0 Å². The molecule has 0 bridgehead atoms. The van der Waals surface area contributed by atoms with E-state index in [0.29, 0.717) is 46.7 Å². The Balaban J connectivity index is 1.36. The van der Waals surface area contributed by atoms with Gasteiger partial charge in [-0.3, -0.25) is 4.79 Å². The number of rotatable bonds is 9. The van der Waals surface area contributed by atoms with Crippen LogP contribution in [0.25, 0.3) is 0 Å². The highest BCUT2D eigenvalue weighted by Crippen LogP contribution is 2.27. The first-order valence-corrected chi connectivity index (χ1v) is 10.4. The fraction of sp³-hybridized carbons (Fsp3) is 0.364. The predicted molar refractivity (Wildman–Crippen MR) is 113 cm³/mol. The maximum Gasteiger partial charge on any atom is 0.338 e. The number of hydrogen-bond donors (Lipinski definition) is 0. The molecule has 2 aromatic rings. The lowest BCUT2D eigenvalue weighted by atomic mass is 10.2. The van der Waals surface area contributed by atoms with Crippen LogP contribution >= 0.6 is 23.2 Å². The maximum absolute atomic E-state index is 12.1. The first-order chi connectivity index (χ1) is 14.5. The number of ether oxygens (including phenoxy) is 4. The molecule has 30 heavy (non-hydrogen) atoms. The molecule has 0 aliphatic carbocycles. The van der Waals surface area contributed by atoms with Gasteiger partial charge in [0.15, 0.2) is 0 Å². The zero-order chi connectivity index (χ0) is 21.3. The molecule has 1 fully saturated rings. The molecule has 0 spiro atoms. The largest absolute Gasteiger partial charge is 0.492 e. The summed E-state index contributed by atoms with van der Waals surface area (Å²) < 4.78 is 21.5. The standard InChI is InChI=1S/C22H22Cl2O6/c23-16-7-10-20(19(24)13-16)28-12-2-4-21(25)30-17-8-5-15(6-9-17)22(26)29-14-18-3-1-11-27-18/h5-10,13,18H,1-4,11-12,14H2. The van der Waals surface area contributed by atoms with Crippen molar-refractivity contribution in [3.8, 4) is 11.5 Å². The Morgan fingerprint density at radius 2 is 1.90 bits per heavy atom. The summed E-state index contributed by atoms with van der Waals surface area (Å²) >= 11 is 11.9. The van der Waals surface area contributed by atoms with Gasteiger partial charge in [-0.1, -0.05) is 23.2 Å². The molecule has 8 heteroatoms. The number of benzene rings is 2. The van der Waals surface area contributed by atoms with E-state index in [4.69, 9.17) is 42.1 Å². The molecule has 0 N–H and O–H groups in total. The monoisotopic (exact) mass is 452 g/mol. The second kappa shape index (κ2) is 11.2. The van der Waals surface area contributed by atoms with Crippen LogP contribution in [0.15, 0.2) is 42.5 Å². The third-order valence-electron chi connectivity index (χ3n) is 4.42. The van der Waals surface area contributed by atoms with Crippen LogP contribution in [-0.4, -0.2) is 37.9 Å². The van der Waals surface area contributed by atoms with Gasteiger partial charge in [-0.2, -0.15) is 0 Å². The number of carbonyl (C=O) groups excluding carboxylic acids is 2. The summed E-state index contributed by atoms with van der Waals surface area (Å²) in [5, 5.41) is 0.942. The molecule has 1 unspecified atom stereocenters. The average Bonchev–Trinajstić information content (AvgIpc) is 3.25. The number of hydrogen-bond acceptors (Lipinski definition) is 6. The second-order valence-corrected chi connectivity index (χ2v) is 7.60. The Labute approximate surface area is 185 Å². The van der Waals surface area contributed by atoms with E-state index in [2.05, 4.69) is 0 Å². The summed E-state index contributed by atoms with van der Waals surface area (Å²) in [6.07, 6.45) is 2.51. The highest BCUT2D eigenvalue weighted by atomic mass is 35.5. The zero-order valence-electron chi connectivity index (χ0n) is 16.3. The van der Waals surface area contributed by atoms with Gasteiger partial charge in [-0.15, -0.1) is 0 Å². The molecule has 0 radical (unpaired) electrons. The van der Waals surface area contributed by atoms with Crippen molar-refractivity contribution < 1.29 is 28.5 Å². The quantitative estimate of drug-likeness (QED) is 0.299. The van der Waals surface area contributed by atoms with E-state index in [-0.39, 0.29) is 19.1 Å². The van der Waals surface area contributed by atoms with Crippen molar-refractivity contribution >= 4 is 35.1 Å². The van der Waals surface area contributed by atoms with Gasteiger partial charge in [0.2, 0.25) is 0 Å². The number of esters is 2. The van der Waals surface area contributed by atoms with E-state index >= 15 is 0 Å². The minimum Gasteiger partial charge on any atom is -0.492 e. The molecule has 1 aliphatic rings. The van der Waals surface area contributed by atoms with Crippen molar-refractivity contribution in [2.45, 2.75) is 31.8 Å². The molecule has 0 aromatic heterocycles. The third-order valence-corrected chi connectivity index (χ3v) is 4.95. The van der Waals surface area contributed by atoms with Gasteiger partial charge in [-0.05, 0) is 61.7 Å². The van der Waals surface area contributed by atoms with Crippen LogP contribution < -0.4 is 9.47 Å². The SMILES string of the molecule is O=C(CCCOc1ccc(Cl)cc1Cl)Oc1ccc(C(=O)OCC2CCCO2)cc1. The van der Waals surface area contributed by atoms with Crippen molar-refractivity contribution in [2.75, 3.05) is 19.8 Å². The topological polar surface area (TPSA) is 71.1 Å². The molecule has 1 heterocycles. The molecule has 0 amide bonds. The molecule has 160 valence electrons. The van der Waals surface area contributed by atoms with Crippen molar-refractivity contribution in [3.63, 3.8) is 0 Å². The van der Waals surface area contributed by atoms with Crippen LogP contribution in [0, 0.1) is 0 Å². The van der Waals surface area contributed by atoms with E-state index < -0.39 is 11.9 Å². The molecular formula is C22H22Cl2O6. The fourth-order valence-corrected chi connectivity index (χ4v) is 3.32. The summed E-state index contributed by atoms with van der Waals surface area (Å²) in [4.78, 5) is 24.0. The van der Waals surface area contributed by atoms with Gasteiger partial charge >= 0.3 is 11.9 Å². The summed E-state index contributed by atoms with van der Waals surface area (Å²) in [5.74, 6) is 0.0460. The fourth-order valence-electron chi connectivity index (χ4n) is 2.86. The van der Waals surface area contributed by atoms with E-state index in [0.717, 1.165) is 12.8 Å². The van der Waals surface area contributed by atoms with Crippen molar-refractivity contribution in [3.05, 3.63) is 58.1 Å². The molecule has 1 aliphatic heterocycles. The van der Waals surface area contributed by atoms with Gasteiger partial charge in [-0.25, -0.2) is 4.79 Å². The number of halogens is 2. The third kappa shape index (κ3) is 6.90. The lowest BCUT2D eigenvalue weighted by molar-refractivity contribution is -0.134. The van der Waals surface area contributed by atoms with Crippen LogP contribution in [-0.2, 0) is 14.3 Å². The Morgan fingerprint density at radius 1 is 1.10 bits per heavy atom. The highest BCUT2D eigenvalue weighted by molar-refractivity contribution is 6.35. The minimum atomic E-state index is -0.429. The molecular weight excluding hydrogens is 431 g/mol. The first kappa shape index (κ1) is 22.4. The Morgan fingerprint density at radius 3 is 2.60 bits per heavy atom. The zero-order valence-corrected chi connectivity index (χ0v) is 17.8. The van der Waals surface area contributed by atoms with E-state index in [1.54, 1.807) is 42.5 Å². The van der Waals surface area contributed by atoms with Crippen LogP contribution in [0.2, 0.25) is 10.0 Å². The van der Waals surface area contributed by atoms with Gasteiger partial charge in [0.25, 0.3) is 0 Å². The lowest BCUT2D eigenvalue weighted by Gasteiger charge is -2.10. The molecule has 2 aromatic carbocycles. The molecule has 3 rings (SSSR count). The normalized spacial score (nSPS) is 15.6. The molecule has 0 saturated carbocycles. The van der Waals surface area contributed by atoms with Gasteiger partial charge in [0.05, 0.1) is 23.3 Å². The van der Waals surface area contributed by atoms with Crippen LogP contribution in [0.4, 0.5) is 0 Å². The molecule has 1 saturated heterocycles. The van der Waals surface area contributed by atoms with Gasteiger partial charge < -0.3 is 18.9 Å². The smallest absolute Gasteiger partial charge is 0.338 e. The molecule has 1 atom stereocenters. The van der Waals surface area contributed by atoms with Gasteiger partial charge in [0.1, 0.15) is 18.1 Å². The Kier molecular flexibility index (Phi) is 8.37. The Bertz CT molecular complexity index is 862. The summed E-state index contributed by atoms with van der Waals surface area (Å²) in [7, 11) is 0. The number of carbonyl (C=O) groups is 2.